The number of carbonyl (C=O) groups is 1. The maximum Gasteiger partial charge on any atom is 0.223 e. The van der Waals surface area contributed by atoms with Crippen molar-refractivity contribution in [3.05, 3.63) is 47.6 Å². The van der Waals surface area contributed by atoms with Crippen LogP contribution in [0.15, 0.2) is 30.6 Å². The summed E-state index contributed by atoms with van der Waals surface area (Å²) in [7, 11) is 0. The molecule has 28 heavy (non-hydrogen) atoms. The standard InChI is InChI=1S/C21H22N6O/c1-12-10-24-21(26-18-6-4-5-17(18)25-13(2)28)27-20(12)16-11-23-19-9-14(22-3)7-8-15(16)19/h7-11,17-18,23H,4-6H2,1-2H3,(H,25,28)(H,24,26,27)/t17-,18-/m0/s1. The van der Waals surface area contributed by atoms with Crippen molar-refractivity contribution in [2.24, 2.45) is 0 Å². The molecule has 2 aromatic heterocycles. The zero-order chi connectivity index (χ0) is 19.7. The zero-order valence-corrected chi connectivity index (χ0v) is 15.9. The number of aryl methyl sites for hydroxylation is 1. The normalized spacial score (nSPS) is 18.8. The Morgan fingerprint density at radius 2 is 2.14 bits per heavy atom. The Balaban J connectivity index is 1.65. The molecule has 0 saturated heterocycles. The van der Waals surface area contributed by atoms with E-state index < -0.39 is 0 Å². The molecule has 4 rings (SSSR count). The summed E-state index contributed by atoms with van der Waals surface area (Å²) in [5.41, 5.74) is 4.34. The highest BCUT2D eigenvalue weighted by Crippen LogP contribution is 2.32. The molecule has 0 bridgehead atoms. The molecule has 2 heterocycles. The van der Waals surface area contributed by atoms with Crippen LogP contribution in [0.1, 0.15) is 31.7 Å². The second-order valence-electron chi connectivity index (χ2n) is 7.26. The van der Waals surface area contributed by atoms with Gasteiger partial charge in [0.2, 0.25) is 11.9 Å². The first-order valence-corrected chi connectivity index (χ1v) is 9.41. The number of rotatable bonds is 4. The molecule has 3 aromatic rings. The summed E-state index contributed by atoms with van der Waals surface area (Å²) in [6, 6.07) is 5.85. The van der Waals surface area contributed by atoms with Crippen molar-refractivity contribution >= 4 is 28.4 Å². The number of amides is 1. The van der Waals surface area contributed by atoms with Gasteiger partial charge < -0.3 is 15.6 Å². The minimum absolute atomic E-state index is 0.0122. The number of benzene rings is 1. The summed E-state index contributed by atoms with van der Waals surface area (Å²) in [5.74, 6) is 0.553. The number of nitrogens with zero attached hydrogens (tertiary/aromatic N) is 3. The predicted octanol–water partition coefficient (Wildman–Crippen LogP) is 3.95. The molecule has 7 heteroatoms. The van der Waals surface area contributed by atoms with Crippen LogP contribution in [0, 0.1) is 13.5 Å². The van der Waals surface area contributed by atoms with Gasteiger partial charge in [0.1, 0.15) is 0 Å². The maximum absolute atomic E-state index is 11.4. The molecule has 1 amide bonds. The van der Waals surface area contributed by atoms with E-state index in [2.05, 4.69) is 25.4 Å². The van der Waals surface area contributed by atoms with Crippen LogP contribution in [0.4, 0.5) is 11.6 Å². The molecule has 1 aliphatic carbocycles. The average molecular weight is 374 g/mol. The van der Waals surface area contributed by atoms with E-state index in [1.165, 1.54) is 0 Å². The van der Waals surface area contributed by atoms with Crippen LogP contribution < -0.4 is 10.6 Å². The van der Waals surface area contributed by atoms with E-state index in [-0.39, 0.29) is 18.0 Å². The van der Waals surface area contributed by atoms with Crippen LogP contribution in [-0.4, -0.2) is 32.9 Å². The van der Waals surface area contributed by atoms with Crippen molar-refractivity contribution in [3.8, 4) is 11.3 Å². The highest BCUT2D eigenvalue weighted by atomic mass is 16.1. The van der Waals surface area contributed by atoms with Gasteiger partial charge in [-0.1, -0.05) is 12.1 Å². The Morgan fingerprint density at radius 1 is 1.32 bits per heavy atom. The lowest BCUT2D eigenvalue weighted by Crippen LogP contribution is -2.42. The molecule has 0 aliphatic heterocycles. The van der Waals surface area contributed by atoms with Gasteiger partial charge in [-0.2, -0.15) is 0 Å². The lowest BCUT2D eigenvalue weighted by atomic mass is 10.1. The second kappa shape index (κ2) is 7.31. The van der Waals surface area contributed by atoms with Crippen molar-refractivity contribution in [3.63, 3.8) is 0 Å². The van der Waals surface area contributed by atoms with Crippen molar-refractivity contribution in [1.29, 1.82) is 0 Å². The minimum Gasteiger partial charge on any atom is -0.362 e. The van der Waals surface area contributed by atoms with E-state index in [0.717, 1.165) is 47.0 Å². The molecule has 142 valence electrons. The molecule has 1 fully saturated rings. The zero-order valence-electron chi connectivity index (χ0n) is 15.9. The number of carbonyl (C=O) groups excluding carboxylic acids is 1. The van der Waals surface area contributed by atoms with Crippen molar-refractivity contribution < 1.29 is 4.79 Å². The van der Waals surface area contributed by atoms with Gasteiger partial charge in [0.15, 0.2) is 5.69 Å². The molecule has 0 unspecified atom stereocenters. The smallest absolute Gasteiger partial charge is 0.223 e. The number of aromatic amines is 1. The van der Waals surface area contributed by atoms with Gasteiger partial charge in [-0.15, -0.1) is 0 Å². The Hall–Kier alpha value is -3.40. The van der Waals surface area contributed by atoms with E-state index in [4.69, 9.17) is 11.6 Å². The van der Waals surface area contributed by atoms with Gasteiger partial charge in [0, 0.05) is 47.9 Å². The minimum atomic E-state index is -0.0122. The van der Waals surface area contributed by atoms with Crippen molar-refractivity contribution in [2.75, 3.05) is 5.32 Å². The Morgan fingerprint density at radius 3 is 2.93 bits per heavy atom. The van der Waals surface area contributed by atoms with Gasteiger partial charge in [0.05, 0.1) is 12.3 Å². The van der Waals surface area contributed by atoms with Gasteiger partial charge in [-0.3, -0.25) is 4.79 Å². The summed E-state index contributed by atoms with van der Waals surface area (Å²) in [6.07, 6.45) is 6.74. The molecule has 3 N–H and O–H groups in total. The fourth-order valence-corrected chi connectivity index (χ4v) is 3.90. The lowest BCUT2D eigenvalue weighted by Gasteiger charge is -2.22. The number of aromatic nitrogens is 3. The number of anilines is 1. The molecule has 7 nitrogen and oxygen atoms in total. The van der Waals surface area contributed by atoms with Crippen LogP contribution >= 0.6 is 0 Å². The van der Waals surface area contributed by atoms with E-state index in [9.17, 15) is 4.79 Å². The summed E-state index contributed by atoms with van der Waals surface area (Å²) in [4.78, 5) is 27.4. The van der Waals surface area contributed by atoms with Crippen LogP contribution in [0.25, 0.3) is 27.0 Å². The second-order valence-corrected chi connectivity index (χ2v) is 7.26. The van der Waals surface area contributed by atoms with Crippen LogP contribution in [-0.2, 0) is 4.79 Å². The number of H-pyrrole nitrogens is 1. The van der Waals surface area contributed by atoms with Crippen LogP contribution in [0.2, 0.25) is 0 Å². The third-order valence-corrected chi connectivity index (χ3v) is 5.24. The average Bonchev–Trinajstić information content (AvgIpc) is 3.29. The highest BCUT2D eigenvalue weighted by molar-refractivity contribution is 5.96. The molecule has 1 saturated carbocycles. The van der Waals surface area contributed by atoms with E-state index in [0.29, 0.717) is 11.6 Å². The first-order valence-electron chi connectivity index (χ1n) is 9.41. The van der Waals surface area contributed by atoms with E-state index in [1.54, 1.807) is 6.92 Å². The quantitative estimate of drug-likeness (QED) is 0.604. The number of hydrogen-bond donors (Lipinski definition) is 3. The van der Waals surface area contributed by atoms with Gasteiger partial charge in [0.25, 0.3) is 0 Å². The largest absolute Gasteiger partial charge is 0.362 e. The molecule has 0 spiro atoms. The summed E-state index contributed by atoms with van der Waals surface area (Å²) in [5, 5.41) is 7.44. The summed E-state index contributed by atoms with van der Waals surface area (Å²) >= 11 is 0. The first-order chi connectivity index (χ1) is 13.5. The fraction of sp³-hybridized carbons (Fsp3) is 0.333. The van der Waals surface area contributed by atoms with Gasteiger partial charge in [-0.05, 0) is 37.8 Å². The van der Waals surface area contributed by atoms with Crippen molar-refractivity contribution in [1.82, 2.24) is 20.3 Å². The monoisotopic (exact) mass is 374 g/mol. The van der Waals surface area contributed by atoms with E-state index in [1.807, 2.05) is 37.5 Å². The fourth-order valence-electron chi connectivity index (χ4n) is 3.90. The highest BCUT2D eigenvalue weighted by Gasteiger charge is 2.28. The molecule has 0 radical (unpaired) electrons. The number of hydrogen-bond acceptors (Lipinski definition) is 4. The number of nitrogens with one attached hydrogen (secondary N) is 3. The Labute approximate surface area is 163 Å². The first kappa shape index (κ1) is 18.0. The third kappa shape index (κ3) is 3.41. The Kier molecular flexibility index (Phi) is 4.70. The molecule has 1 aliphatic rings. The topological polar surface area (TPSA) is 87.1 Å². The third-order valence-electron chi connectivity index (χ3n) is 5.24. The SMILES string of the molecule is [C-]#[N+]c1ccc2c(-c3nc(N[C@H]4CCC[C@@H]4NC(C)=O)ncc3C)c[nH]c2c1. The van der Waals surface area contributed by atoms with Gasteiger partial charge in [-0.25, -0.2) is 14.8 Å². The maximum atomic E-state index is 11.4. The molecule has 2 atom stereocenters. The Bertz CT molecular complexity index is 1080. The van der Waals surface area contributed by atoms with Crippen LogP contribution in [0.3, 0.4) is 0 Å². The van der Waals surface area contributed by atoms with Crippen molar-refractivity contribution in [2.45, 2.75) is 45.2 Å². The molecular weight excluding hydrogens is 352 g/mol. The molecule has 1 aromatic carbocycles. The summed E-state index contributed by atoms with van der Waals surface area (Å²) in [6.45, 7) is 10.7. The van der Waals surface area contributed by atoms with Gasteiger partial charge >= 0.3 is 0 Å². The van der Waals surface area contributed by atoms with Crippen LogP contribution in [0.5, 0.6) is 0 Å². The number of fused-ring (bicyclic) bond motifs is 1. The van der Waals surface area contributed by atoms with E-state index >= 15 is 0 Å². The lowest BCUT2D eigenvalue weighted by molar-refractivity contribution is -0.119. The molecular formula is C21H22N6O. The summed E-state index contributed by atoms with van der Waals surface area (Å²) < 4.78 is 0. The predicted molar refractivity (Wildman–Crippen MR) is 109 cm³/mol.